The summed E-state index contributed by atoms with van der Waals surface area (Å²) in [6.07, 6.45) is 0.996. The zero-order chi connectivity index (χ0) is 16.4. The minimum atomic E-state index is 0.615. The van der Waals surface area contributed by atoms with Crippen molar-refractivity contribution in [2.75, 3.05) is 6.61 Å². The van der Waals surface area contributed by atoms with E-state index in [0.717, 1.165) is 42.3 Å². The molecular weight excluding hydrogens is 324 g/mol. The van der Waals surface area contributed by atoms with Gasteiger partial charge in [0.2, 0.25) is 0 Å². The van der Waals surface area contributed by atoms with Crippen LogP contribution in [-0.4, -0.2) is 11.8 Å². The molecule has 1 aliphatic rings. The second-order valence-electron chi connectivity index (χ2n) is 5.79. The Hall–Kier alpha value is -2.30. The van der Waals surface area contributed by atoms with Gasteiger partial charge in [0.15, 0.2) is 5.76 Å². The molecule has 3 aromatic rings. The first-order valence-electron chi connectivity index (χ1n) is 7.95. The average molecular weight is 341 g/mol. The summed E-state index contributed by atoms with van der Waals surface area (Å²) in [5, 5.41) is 8.21. The van der Waals surface area contributed by atoms with Gasteiger partial charge in [-0.25, -0.2) is 0 Å². The van der Waals surface area contributed by atoms with Crippen LogP contribution in [0.2, 0.25) is 5.02 Å². The summed E-state index contributed by atoms with van der Waals surface area (Å²) in [6, 6.07) is 15.8. The summed E-state index contributed by atoms with van der Waals surface area (Å²) in [5.74, 6) is 1.83. The van der Waals surface area contributed by atoms with E-state index in [0.29, 0.717) is 11.6 Å². The first-order valence-corrected chi connectivity index (χ1v) is 8.33. The van der Waals surface area contributed by atoms with Gasteiger partial charge in [0.1, 0.15) is 11.4 Å². The molecule has 0 atom stereocenters. The molecule has 0 spiro atoms. The van der Waals surface area contributed by atoms with Crippen molar-refractivity contribution in [1.82, 2.24) is 10.5 Å². The number of halogens is 1. The summed E-state index contributed by atoms with van der Waals surface area (Å²) in [4.78, 5) is 0. The third kappa shape index (κ3) is 3.16. The van der Waals surface area contributed by atoms with Gasteiger partial charge in [0, 0.05) is 35.2 Å². The molecule has 0 aliphatic carbocycles. The largest absolute Gasteiger partial charge is 0.493 e. The SMILES string of the molecule is Clc1ccc(-c2cc(CNCc3cccc4c3OCC4)on2)cc1. The molecule has 0 unspecified atom stereocenters. The van der Waals surface area contributed by atoms with E-state index in [4.69, 9.17) is 20.9 Å². The third-order valence-electron chi connectivity index (χ3n) is 4.11. The van der Waals surface area contributed by atoms with Crippen molar-refractivity contribution < 1.29 is 9.26 Å². The van der Waals surface area contributed by atoms with E-state index in [2.05, 4.69) is 28.7 Å². The lowest BCUT2D eigenvalue weighted by Gasteiger charge is -2.08. The molecule has 0 saturated heterocycles. The van der Waals surface area contributed by atoms with Crippen molar-refractivity contribution in [1.29, 1.82) is 0 Å². The van der Waals surface area contributed by atoms with Crippen LogP contribution in [0, 0.1) is 0 Å². The van der Waals surface area contributed by atoms with E-state index in [1.165, 1.54) is 11.1 Å². The van der Waals surface area contributed by atoms with Gasteiger partial charge in [-0.3, -0.25) is 0 Å². The summed E-state index contributed by atoms with van der Waals surface area (Å²) in [5.41, 5.74) is 4.28. The number of nitrogens with one attached hydrogen (secondary N) is 1. The van der Waals surface area contributed by atoms with Crippen molar-refractivity contribution in [3.63, 3.8) is 0 Å². The highest BCUT2D eigenvalue weighted by Crippen LogP contribution is 2.29. The fraction of sp³-hybridized carbons (Fsp3) is 0.211. The van der Waals surface area contributed by atoms with Crippen LogP contribution in [0.15, 0.2) is 53.1 Å². The Bertz CT molecular complexity index is 843. The van der Waals surface area contributed by atoms with Gasteiger partial charge >= 0.3 is 0 Å². The van der Waals surface area contributed by atoms with Gasteiger partial charge in [-0.15, -0.1) is 0 Å². The lowest BCUT2D eigenvalue weighted by molar-refractivity contribution is 0.350. The van der Waals surface area contributed by atoms with Gasteiger partial charge in [0.25, 0.3) is 0 Å². The molecule has 1 N–H and O–H groups in total. The maximum atomic E-state index is 5.91. The highest BCUT2D eigenvalue weighted by Gasteiger charge is 2.15. The number of ether oxygens (including phenoxy) is 1. The second kappa shape index (κ2) is 6.67. The summed E-state index contributed by atoms with van der Waals surface area (Å²) >= 11 is 5.91. The van der Waals surface area contributed by atoms with Crippen LogP contribution in [0.25, 0.3) is 11.3 Å². The Morgan fingerprint density at radius 2 is 1.96 bits per heavy atom. The summed E-state index contributed by atoms with van der Waals surface area (Å²) < 4.78 is 11.1. The van der Waals surface area contributed by atoms with Crippen LogP contribution in [-0.2, 0) is 19.5 Å². The van der Waals surface area contributed by atoms with E-state index in [1.54, 1.807) is 0 Å². The Morgan fingerprint density at radius 3 is 2.83 bits per heavy atom. The average Bonchev–Trinajstić information content (AvgIpc) is 3.25. The molecule has 0 radical (unpaired) electrons. The number of para-hydroxylation sites is 1. The topological polar surface area (TPSA) is 47.3 Å². The molecule has 0 saturated carbocycles. The monoisotopic (exact) mass is 340 g/mol. The number of hydrogen-bond acceptors (Lipinski definition) is 4. The predicted molar refractivity (Wildman–Crippen MR) is 93.1 cm³/mol. The zero-order valence-electron chi connectivity index (χ0n) is 13.1. The lowest BCUT2D eigenvalue weighted by atomic mass is 10.1. The van der Waals surface area contributed by atoms with Gasteiger partial charge < -0.3 is 14.6 Å². The molecule has 2 aromatic carbocycles. The minimum absolute atomic E-state index is 0.615. The molecule has 0 amide bonds. The minimum Gasteiger partial charge on any atom is -0.493 e. The number of hydrogen-bond donors (Lipinski definition) is 1. The fourth-order valence-electron chi connectivity index (χ4n) is 2.90. The molecule has 0 bridgehead atoms. The van der Waals surface area contributed by atoms with Crippen molar-refractivity contribution in [3.8, 4) is 17.0 Å². The molecule has 0 fully saturated rings. The van der Waals surface area contributed by atoms with E-state index < -0.39 is 0 Å². The number of aromatic nitrogens is 1. The maximum absolute atomic E-state index is 5.91. The molecule has 4 nitrogen and oxygen atoms in total. The highest BCUT2D eigenvalue weighted by atomic mass is 35.5. The predicted octanol–water partition coefficient (Wildman–Crippen LogP) is 4.22. The fourth-order valence-corrected chi connectivity index (χ4v) is 3.02. The van der Waals surface area contributed by atoms with Crippen LogP contribution >= 0.6 is 11.6 Å². The van der Waals surface area contributed by atoms with Crippen LogP contribution in [0.5, 0.6) is 5.75 Å². The van der Waals surface area contributed by atoms with Gasteiger partial charge in [-0.1, -0.05) is 47.1 Å². The van der Waals surface area contributed by atoms with Crippen LogP contribution in [0.4, 0.5) is 0 Å². The quantitative estimate of drug-likeness (QED) is 0.755. The van der Waals surface area contributed by atoms with Crippen molar-refractivity contribution in [3.05, 3.63) is 70.4 Å². The normalized spacial score (nSPS) is 12.9. The Balaban J connectivity index is 1.39. The van der Waals surface area contributed by atoms with E-state index in [-0.39, 0.29) is 0 Å². The first kappa shape index (κ1) is 15.2. The Kier molecular flexibility index (Phi) is 4.24. The number of fused-ring (bicyclic) bond motifs is 1. The van der Waals surface area contributed by atoms with Crippen molar-refractivity contribution in [2.45, 2.75) is 19.5 Å². The third-order valence-corrected chi connectivity index (χ3v) is 4.36. The van der Waals surface area contributed by atoms with Gasteiger partial charge in [-0.05, 0) is 17.7 Å². The molecular formula is C19H17ClN2O2. The standard InChI is InChI=1S/C19H17ClN2O2/c20-16-6-4-13(5-7-16)18-10-17(24-22-18)12-21-11-15-3-1-2-14-8-9-23-19(14)15/h1-7,10,21H,8-9,11-12H2. The van der Waals surface area contributed by atoms with Crippen molar-refractivity contribution in [2.24, 2.45) is 0 Å². The number of benzene rings is 2. The molecule has 4 rings (SSSR count). The van der Waals surface area contributed by atoms with E-state index in [9.17, 15) is 0 Å². The van der Waals surface area contributed by atoms with Gasteiger partial charge in [-0.2, -0.15) is 0 Å². The van der Waals surface area contributed by atoms with Crippen LogP contribution in [0.1, 0.15) is 16.9 Å². The molecule has 122 valence electrons. The summed E-state index contributed by atoms with van der Waals surface area (Å²) in [7, 11) is 0. The summed E-state index contributed by atoms with van der Waals surface area (Å²) in [6.45, 7) is 2.13. The number of rotatable bonds is 5. The number of nitrogens with zero attached hydrogens (tertiary/aromatic N) is 1. The van der Waals surface area contributed by atoms with E-state index >= 15 is 0 Å². The zero-order valence-corrected chi connectivity index (χ0v) is 13.8. The van der Waals surface area contributed by atoms with Gasteiger partial charge in [0.05, 0.1) is 13.2 Å². The molecule has 1 aliphatic heterocycles. The second-order valence-corrected chi connectivity index (χ2v) is 6.23. The Morgan fingerprint density at radius 1 is 1.08 bits per heavy atom. The Labute approximate surface area is 145 Å². The smallest absolute Gasteiger partial charge is 0.151 e. The first-order chi connectivity index (χ1) is 11.8. The van der Waals surface area contributed by atoms with E-state index in [1.807, 2.05) is 30.3 Å². The molecule has 2 heterocycles. The molecule has 24 heavy (non-hydrogen) atoms. The molecule has 5 heteroatoms. The maximum Gasteiger partial charge on any atom is 0.151 e. The lowest BCUT2D eigenvalue weighted by Crippen LogP contribution is -2.12. The van der Waals surface area contributed by atoms with Crippen molar-refractivity contribution >= 4 is 11.6 Å². The molecule has 1 aromatic heterocycles. The van der Waals surface area contributed by atoms with Crippen LogP contribution in [0.3, 0.4) is 0 Å². The van der Waals surface area contributed by atoms with Crippen LogP contribution < -0.4 is 10.1 Å². The highest BCUT2D eigenvalue weighted by molar-refractivity contribution is 6.30.